The van der Waals surface area contributed by atoms with Gasteiger partial charge < -0.3 is 19.5 Å². The van der Waals surface area contributed by atoms with E-state index in [-0.39, 0.29) is 10.8 Å². The number of ether oxygens (including phenoxy) is 1. The number of para-hydroxylation sites is 2. The van der Waals surface area contributed by atoms with Crippen LogP contribution in [0.5, 0.6) is 0 Å². The van der Waals surface area contributed by atoms with Gasteiger partial charge in [-0.05, 0) is 36.8 Å². The summed E-state index contributed by atoms with van der Waals surface area (Å²) in [6.07, 6.45) is 2.52. The number of rotatable bonds is 8. The molecule has 0 saturated carbocycles. The van der Waals surface area contributed by atoms with Crippen molar-refractivity contribution in [3.05, 3.63) is 54.4 Å². The number of sulfonamides is 1. The number of carbonyl (C=O) groups is 1. The van der Waals surface area contributed by atoms with Crippen LogP contribution in [0.1, 0.15) is 16.8 Å². The van der Waals surface area contributed by atoms with E-state index in [2.05, 4.69) is 19.8 Å². The Morgan fingerprint density at radius 3 is 2.67 bits per heavy atom. The van der Waals surface area contributed by atoms with Crippen molar-refractivity contribution >= 4 is 32.7 Å². The average molecular weight is 472 g/mol. The van der Waals surface area contributed by atoms with Crippen molar-refractivity contribution in [2.45, 2.75) is 17.9 Å². The van der Waals surface area contributed by atoms with E-state index >= 15 is 0 Å². The van der Waals surface area contributed by atoms with Crippen molar-refractivity contribution in [3.8, 4) is 0 Å². The molecule has 0 atom stereocenters. The Morgan fingerprint density at radius 1 is 1.15 bits per heavy atom. The average Bonchev–Trinajstić information content (AvgIpc) is 3.25. The predicted octanol–water partition coefficient (Wildman–Crippen LogP) is 1.94. The van der Waals surface area contributed by atoms with Gasteiger partial charge in [-0.2, -0.15) is 0 Å². The van der Waals surface area contributed by atoms with Gasteiger partial charge >= 0.3 is 0 Å². The number of anilines is 1. The van der Waals surface area contributed by atoms with Crippen LogP contribution in [-0.4, -0.2) is 75.1 Å². The van der Waals surface area contributed by atoms with Crippen LogP contribution < -0.4 is 10.2 Å². The van der Waals surface area contributed by atoms with E-state index < -0.39 is 10.0 Å². The topological polar surface area (TPSA) is 96.8 Å². The molecule has 1 amide bonds. The first-order valence-corrected chi connectivity index (χ1v) is 12.4. The van der Waals surface area contributed by atoms with Crippen molar-refractivity contribution in [1.82, 2.24) is 19.2 Å². The van der Waals surface area contributed by atoms with E-state index in [0.29, 0.717) is 57.1 Å². The smallest absolute Gasteiger partial charge is 0.253 e. The van der Waals surface area contributed by atoms with Crippen LogP contribution in [0, 0.1) is 0 Å². The molecule has 0 unspecified atom stereocenters. The quantitative estimate of drug-likeness (QED) is 0.505. The van der Waals surface area contributed by atoms with E-state index in [1.807, 2.05) is 24.3 Å². The molecule has 10 heteroatoms. The number of hydrogen-bond acceptors (Lipinski definition) is 6. The van der Waals surface area contributed by atoms with Gasteiger partial charge in [0.25, 0.3) is 5.91 Å². The summed E-state index contributed by atoms with van der Waals surface area (Å²) in [7, 11) is -0.702. The summed E-state index contributed by atoms with van der Waals surface area (Å²) in [5.41, 5.74) is 3.07. The largest absolute Gasteiger partial charge is 0.378 e. The summed E-state index contributed by atoms with van der Waals surface area (Å²) >= 11 is 0. The van der Waals surface area contributed by atoms with Crippen molar-refractivity contribution < 1.29 is 17.9 Å². The van der Waals surface area contributed by atoms with Crippen LogP contribution in [0.4, 0.5) is 5.69 Å². The molecule has 1 aromatic heterocycles. The number of carbonyl (C=O) groups excluding carboxylic acids is 1. The molecule has 33 heavy (non-hydrogen) atoms. The zero-order valence-corrected chi connectivity index (χ0v) is 19.7. The molecule has 3 aromatic rings. The lowest BCUT2D eigenvalue weighted by Gasteiger charge is -2.30. The lowest BCUT2D eigenvalue weighted by Crippen LogP contribution is -2.38. The number of hydrogen-bond donors (Lipinski definition) is 1. The number of aromatic nitrogens is 2. The molecule has 1 N–H and O–H groups in total. The summed E-state index contributed by atoms with van der Waals surface area (Å²) < 4.78 is 33.9. The lowest BCUT2D eigenvalue weighted by atomic mass is 10.1. The normalized spacial score (nSPS) is 14.7. The zero-order chi connectivity index (χ0) is 23.4. The summed E-state index contributed by atoms with van der Waals surface area (Å²) in [6, 6.07) is 12.7. The van der Waals surface area contributed by atoms with Crippen molar-refractivity contribution in [2.75, 3.05) is 51.8 Å². The lowest BCUT2D eigenvalue weighted by molar-refractivity contribution is 0.0951. The van der Waals surface area contributed by atoms with Gasteiger partial charge in [-0.15, -0.1) is 0 Å². The third kappa shape index (κ3) is 5.02. The third-order valence-electron chi connectivity index (χ3n) is 5.73. The Morgan fingerprint density at radius 2 is 1.91 bits per heavy atom. The predicted molar refractivity (Wildman–Crippen MR) is 127 cm³/mol. The first kappa shape index (κ1) is 23.2. The Hall–Kier alpha value is -2.95. The highest BCUT2D eigenvalue weighted by molar-refractivity contribution is 7.89. The minimum Gasteiger partial charge on any atom is -0.378 e. The second-order valence-electron chi connectivity index (χ2n) is 8.10. The van der Waals surface area contributed by atoms with Gasteiger partial charge in [0, 0.05) is 46.0 Å². The first-order chi connectivity index (χ1) is 15.9. The van der Waals surface area contributed by atoms with Gasteiger partial charge in [0.05, 0.1) is 41.0 Å². The molecule has 1 saturated heterocycles. The Bertz CT molecular complexity index is 1230. The first-order valence-electron chi connectivity index (χ1n) is 11.0. The number of nitrogens with zero attached hydrogens (tertiary/aromatic N) is 4. The van der Waals surface area contributed by atoms with Crippen molar-refractivity contribution in [1.29, 1.82) is 0 Å². The number of benzene rings is 2. The maximum atomic E-state index is 13.1. The highest BCUT2D eigenvalue weighted by atomic mass is 32.2. The Labute approximate surface area is 194 Å². The van der Waals surface area contributed by atoms with Crippen LogP contribution in [0.25, 0.3) is 11.0 Å². The Kier molecular flexibility index (Phi) is 6.96. The number of nitrogens with one attached hydrogen (secondary N) is 1. The second kappa shape index (κ2) is 9.90. The molecule has 1 fully saturated rings. The molecule has 1 aliphatic heterocycles. The molecular formula is C23H29N5O4S. The van der Waals surface area contributed by atoms with Crippen LogP contribution in [0.15, 0.2) is 53.7 Å². The summed E-state index contributed by atoms with van der Waals surface area (Å²) in [5.74, 6) is -0.289. The SMILES string of the molecule is CN(C)S(=O)(=O)c1ccc(N2CCOCC2)c(C(=O)NCCCn2cnc3ccccc32)c1. The second-order valence-corrected chi connectivity index (χ2v) is 10.3. The van der Waals surface area contributed by atoms with Crippen LogP contribution in [-0.2, 0) is 21.3 Å². The number of imidazole rings is 1. The summed E-state index contributed by atoms with van der Waals surface area (Å²) in [6.45, 7) is 3.60. The summed E-state index contributed by atoms with van der Waals surface area (Å²) in [5, 5.41) is 2.96. The van der Waals surface area contributed by atoms with E-state index in [1.165, 1.54) is 20.2 Å². The van der Waals surface area contributed by atoms with Gasteiger partial charge in [-0.3, -0.25) is 4.79 Å². The molecular weight excluding hydrogens is 442 g/mol. The molecule has 4 rings (SSSR count). The van der Waals surface area contributed by atoms with Gasteiger partial charge in [0.1, 0.15) is 0 Å². The minimum atomic E-state index is -3.66. The van der Waals surface area contributed by atoms with E-state index in [0.717, 1.165) is 15.3 Å². The maximum Gasteiger partial charge on any atom is 0.253 e. The summed E-state index contributed by atoms with van der Waals surface area (Å²) in [4.78, 5) is 19.7. The fraction of sp³-hybridized carbons (Fsp3) is 0.391. The number of amides is 1. The van der Waals surface area contributed by atoms with Crippen LogP contribution in [0.2, 0.25) is 0 Å². The standard InChI is InChI=1S/C23H29N5O4S/c1-26(2)33(30,31)18-8-9-21(27-12-14-32-15-13-27)19(16-18)23(29)24-10-5-11-28-17-25-20-6-3-4-7-22(20)28/h3-4,6-9,16-17H,5,10-15H2,1-2H3,(H,24,29). The number of morpholine rings is 1. The Balaban J connectivity index is 1.49. The third-order valence-corrected chi connectivity index (χ3v) is 7.54. The van der Waals surface area contributed by atoms with E-state index in [4.69, 9.17) is 4.74 Å². The van der Waals surface area contributed by atoms with Crippen LogP contribution >= 0.6 is 0 Å². The fourth-order valence-corrected chi connectivity index (χ4v) is 4.81. The molecule has 176 valence electrons. The highest BCUT2D eigenvalue weighted by Gasteiger charge is 2.24. The minimum absolute atomic E-state index is 0.0968. The van der Waals surface area contributed by atoms with Gasteiger partial charge in [0.2, 0.25) is 10.0 Å². The van der Waals surface area contributed by atoms with Crippen LogP contribution in [0.3, 0.4) is 0 Å². The van der Waals surface area contributed by atoms with E-state index in [1.54, 1.807) is 18.5 Å². The number of aryl methyl sites for hydroxylation is 1. The zero-order valence-electron chi connectivity index (χ0n) is 18.9. The molecule has 0 aliphatic carbocycles. The molecule has 2 aromatic carbocycles. The monoisotopic (exact) mass is 471 g/mol. The molecule has 0 spiro atoms. The van der Waals surface area contributed by atoms with Crippen molar-refractivity contribution in [2.24, 2.45) is 0 Å². The fourth-order valence-electron chi connectivity index (χ4n) is 3.88. The molecule has 2 heterocycles. The number of fused-ring (bicyclic) bond motifs is 1. The van der Waals surface area contributed by atoms with Gasteiger partial charge in [0.15, 0.2) is 0 Å². The van der Waals surface area contributed by atoms with Gasteiger partial charge in [-0.1, -0.05) is 12.1 Å². The van der Waals surface area contributed by atoms with Gasteiger partial charge in [-0.25, -0.2) is 17.7 Å². The molecule has 1 aliphatic rings. The van der Waals surface area contributed by atoms with Crippen molar-refractivity contribution in [3.63, 3.8) is 0 Å². The highest BCUT2D eigenvalue weighted by Crippen LogP contribution is 2.26. The molecule has 0 radical (unpaired) electrons. The molecule has 0 bridgehead atoms. The maximum absolute atomic E-state index is 13.1. The molecule has 9 nitrogen and oxygen atoms in total. The van der Waals surface area contributed by atoms with E-state index in [9.17, 15) is 13.2 Å².